The largest absolute Gasteiger partial charge is 0.467 e. The van der Waals surface area contributed by atoms with Gasteiger partial charge in [-0.3, -0.25) is 4.79 Å². The van der Waals surface area contributed by atoms with Crippen LogP contribution in [0.4, 0.5) is 0 Å². The first-order valence-corrected chi connectivity index (χ1v) is 4.78. The summed E-state index contributed by atoms with van der Waals surface area (Å²) in [6, 6.07) is 3.40. The Morgan fingerprint density at radius 2 is 2.33 bits per heavy atom. The number of esters is 1. The number of furan rings is 1. The van der Waals surface area contributed by atoms with Crippen molar-refractivity contribution in [2.75, 3.05) is 6.61 Å². The Hall–Kier alpha value is -1.29. The van der Waals surface area contributed by atoms with Crippen LogP contribution < -0.4 is 0 Å². The van der Waals surface area contributed by atoms with Gasteiger partial charge in [0.2, 0.25) is 0 Å². The van der Waals surface area contributed by atoms with Gasteiger partial charge in [0.05, 0.1) is 12.9 Å². The van der Waals surface area contributed by atoms with E-state index < -0.39 is 11.5 Å². The van der Waals surface area contributed by atoms with Crippen LogP contribution >= 0.6 is 0 Å². The molecular formula is C11H16O4. The van der Waals surface area contributed by atoms with Crippen molar-refractivity contribution in [3.05, 3.63) is 24.2 Å². The average Bonchev–Trinajstić information content (AvgIpc) is 2.66. The molecule has 0 aliphatic carbocycles. The monoisotopic (exact) mass is 212 g/mol. The first kappa shape index (κ1) is 11.8. The Balaban J connectivity index is 2.64. The van der Waals surface area contributed by atoms with E-state index in [1.165, 1.54) is 13.2 Å². The Morgan fingerprint density at radius 1 is 1.67 bits per heavy atom. The van der Waals surface area contributed by atoms with Crippen LogP contribution in [0.5, 0.6) is 0 Å². The van der Waals surface area contributed by atoms with E-state index in [1.807, 2.05) is 13.8 Å². The third kappa shape index (κ3) is 3.09. The van der Waals surface area contributed by atoms with E-state index >= 15 is 0 Å². The number of aliphatic hydroxyl groups is 1. The molecular weight excluding hydrogens is 196 g/mol. The third-order valence-corrected chi connectivity index (χ3v) is 2.20. The summed E-state index contributed by atoms with van der Waals surface area (Å²) in [5.41, 5.74) is -0.566. The quantitative estimate of drug-likeness (QED) is 0.774. The summed E-state index contributed by atoms with van der Waals surface area (Å²) in [6.07, 6.45) is 0.715. The van der Waals surface area contributed by atoms with Crippen molar-refractivity contribution in [2.45, 2.75) is 26.9 Å². The minimum Gasteiger partial charge on any atom is -0.467 e. The van der Waals surface area contributed by atoms with Crippen LogP contribution in [0, 0.1) is 5.41 Å². The molecule has 4 nitrogen and oxygen atoms in total. The average molecular weight is 212 g/mol. The topological polar surface area (TPSA) is 59.7 Å². The maximum Gasteiger partial charge on any atom is 0.302 e. The second kappa shape index (κ2) is 4.49. The first-order valence-electron chi connectivity index (χ1n) is 4.78. The minimum absolute atomic E-state index is 0.157. The summed E-state index contributed by atoms with van der Waals surface area (Å²) in [6.45, 7) is 5.12. The highest BCUT2D eigenvalue weighted by atomic mass is 16.5. The lowest BCUT2D eigenvalue weighted by molar-refractivity contribution is -0.147. The summed E-state index contributed by atoms with van der Waals surface area (Å²) in [7, 11) is 0. The first-order chi connectivity index (χ1) is 6.93. The summed E-state index contributed by atoms with van der Waals surface area (Å²) in [5.74, 6) is 0.127. The number of aliphatic hydroxyl groups excluding tert-OH is 1. The van der Waals surface area contributed by atoms with Crippen LogP contribution in [0.3, 0.4) is 0 Å². The van der Waals surface area contributed by atoms with Crippen molar-refractivity contribution < 1.29 is 19.1 Å². The van der Waals surface area contributed by atoms with Crippen molar-refractivity contribution in [1.29, 1.82) is 0 Å². The number of hydrogen-bond donors (Lipinski definition) is 1. The van der Waals surface area contributed by atoms with E-state index in [0.717, 1.165) is 0 Å². The van der Waals surface area contributed by atoms with E-state index in [-0.39, 0.29) is 12.6 Å². The number of ether oxygens (including phenoxy) is 1. The van der Waals surface area contributed by atoms with Gasteiger partial charge in [-0.2, -0.15) is 0 Å². The van der Waals surface area contributed by atoms with Gasteiger partial charge in [-0.05, 0) is 12.1 Å². The lowest BCUT2D eigenvalue weighted by atomic mass is 9.86. The van der Waals surface area contributed by atoms with E-state index in [4.69, 9.17) is 9.15 Å². The number of rotatable bonds is 4. The fourth-order valence-corrected chi connectivity index (χ4v) is 1.20. The van der Waals surface area contributed by atoms with E-state index in [0.29, 0.717) is 5.76 Å². The lowest BCUT2D eigenvalue weighted by Crippen LogP contribution is -2.28. The van der Waals surface area contributed by atoms with Crippen LogP contribution in [0.25, 0.3) is 0 Å². The molecule has 4 heteroatoms. The van der Waals surface area contributed by atoms with Gasteiger partial charge in [0.15, 0.2) is 0 Å². The number of hydrogen-bond acceptors (Lipinski definition) is 4. The molecule has 1 N–H and O–H groups in total. The highest BCUT2D eigenvalue weighted by molar-refractivity contribution is 5.65. The van der Waals surface area contributed by atoms with Crippen molar-refractivity contribution >= 4 is 5.97 Å². The van der Waals surface area contributed by atoms with Crippen molar-refractivity contribution in [3.63, 3.8) is 0 Å². The van der Waals surface area contributed by atoms with Crippen molar-refractivity contribution in [1.82, 2.24) is 0 Å². The molecule has 15 heavy (non-hydrogen) atoms. The second-order valence-electron chi connectivity index (χ2n) is 4.19. The Morgan fingerprint density at radius 3 is 2.80 bits per heavy atom. The van der Waals surface area contributed by atoms with Gasteiger partial charge in [0.1, 0.15) is 11.9 Å². The molecule has 0 saturated heterocycles. The van der Waals surface area contributed by atoms with Gasteiger partial charge in [0.25, 0.3) is 0 Å². The van der Waals surface area contributed by atoms with E-state index in [2.05, 4.69) is 0 Å². The Kier molecular flexibility index (Phi) is 3.52. The summed E-state index contributed by atoms with van der Waals surface area (Å²) < 4.78 is 9.98. The van der Waals surface area contributed by atoms with Crippen LogP contribution in [0.15, 0.2) is 22.8 Å². The fraction of sp³-hybridized carbons (Fsp3) is 0.545. The predicted octanol–water partition coefficient (Wildman–Crippen LogP) is 1.90. The van der Waals surface area contributed by atoms with Crippen molar-refractivity contribution in [2.24, 2.45) is 5.41 Å². The standard InChI is InChI=1S/C11H16O4/c1-8(12)15-7-11(2,3)10(13)9-5-4-6-14-9/h4-6,10,13H,7H2,1-3H3/t10-/m1/s1. The summed E-state index contributed by atoms with van der Waals surface area (Å²) in [4.78, 5) is 10.7. The Labute approximate surface area is 88.8 Å². The maximum absolute atomic E-state index is 10.7. The molecule has 84 valence electrons. The molecule has 1 aromatic rings. The molecule has 0 unspecified atom stereocenters. The fourth-order valence-electron chi connectivity index (χ4n) is 1.20. The van der Waals surface area contributed by atoms with Gasteiger partial charge in [-0.1, -0.05) is 13.8 Å². The smallest absolute Gasteiger partial charge is 0.302 e. The van der Waals surface area contributed by atoms with Crippen LogP contribution in [0.2, 0.25) is 0 Å². The molecule has 1 atom stereocenters. The molecule has 0 fully saturated rings. The van der Waals surface area contributed by atoms with E-state index in [1.54, 1.807) is 12.1 Å². The molecule has 0 spiro atoms. The summed E-state index contributed by atoms with van der Waals surface area (Å²) >= 11 is 0. The molecule has 0 aliphatic rings. The van der Waals surface area contributed by atoms with Crippen LogP contribution in [-0.2, 0) is 9.53 Å². The summed E-state index contributed by atoms with van der Waals surface area (Å²) in [5, 5.41) is 9.97. The van der Waals surface area contributed by atoms with Gasteiger partial charge in [-0.15, -0.1) is 0 Å². The van der Waals surface area contributed by atoms with Gasteiger partial charge in [0, 0.05) is 12.3 Å². The van der Waals surface area contributed by atoms with Crippen LogP contribution in [-0.4, -0.2) is 17.7 Å². The zero-order valence-corrected chi connectivity index (χ0v) is 9.19. The zero-order valence-electron chi connectivity index (χ0n) is 9.19. The SMILES string of the molecule is CC(=O)OCC(C)(C)[C@H](O)c1ccco1. The molecule has 0 amide bonds. The van der Waals surface area contributed by atoms with Gasteiger partial charge < -0.3 is 14.3 Å². The number of carbonyl (C=O) groups is 1. The van der Waals surface area contributed by atoms with Gasteiger partial charge in [-0.25, -0.2) is 0 Å². The molecule has 0 aliphatic heterocycles. The number of carbonyl (C=O) groups excluding carboxylic acids is 1. The predicted molar refractivity (Wildman–Crippen MR) is 54.1 cm³/mol. The maximum atomic E-state index is 10.7. The Bertz CT molecular complexity index is 313. The highest BCUT2D eigenvalue weighted by Crippen LogP contribution is 2.33. The molecule has 1 aromatic heterocycles. The minimum atomic E-state index is -0.785. The second-order valence-corrected chi connectivity index (χ2v) is 4.19. The third-order valence-electron chi connectivity index (χ3n) is 2.20. The molecule has 0 radical (unpaired) electrons. The molecule has 0 saturated carbocycles. The molecule has 0 aromatic carbocycles. The molecule has 0 bridgehead atoms. The van der Waals surface area contributed by atoms with Crippen molar-refractivity contribution in [3.8, 4) is 0 Å². The van der Waals surface area contributed by atoms with Gasteiger partial charge >= 0.3 is 5.97 Å². The highest BCUT2D eigenvalue weighted by Gasteiger charge is 2.32. The molecule has 1 rings (SSSR count). The zero-order chi connectivity index (χ0) is 11.5. The lowest BCUT2D eigenvalue weighted by Gasteiger charge is -2.28. The normalized spacial score (nSPS) is 13.6. The van der Waals surface area contributed by atoms with Crippen LogP contribution in [0.1, 0.15) is 32.6 Å². The van der Waals surface area contributed by atoms with E-state index in [9.17, 15) is 9.90 Å². The molecule has 1 heterocycles.